The van der Waals surface area contributed by atoms with Gasteiger partial charge in [0.05, 0.1) is 6.04 Å². The second kappa shape index (κ2) is 8.12. The summed E-state index contributed by atoms with van der Waals surface area (Å²) in [5.41, 5.74) is 3.65. The minimum atomic E-state index is -0.474. The maximum absolute atomic E-state index is 13.2. The summed E-state index contributed by atoms with van der Waals surface area (Å²) >= 11 is 0. The summed E-state index contributed by atoms with van der Waals surface area (Å²) in [7, 11) is 0. The van der Waals surface area contributed by atoms with E-state index in [1.807, 2.05) is 36.4 Å². The number of aryl methyl sites for hydroxylation is 1. The molecule has 0 saturated heterocycles. The molecule has 0 bridgehead atoms. The number of hydrogen-bond acceptors (Lipinski definition) is 4. The van der Waals surface area contributed by atoms with Gasteiger partial charge in [-0.15, -0.1) is 5.10 Å². The van der Waals surface area contributed by atoms with Crippen molar-refractivity contribution in [3.63, 3.8) is 0 Å². The first kappa shape index (κ1) is 17.4. The first-order valence-corrected chi connectivity index (χ1v) is 9.46. The van der Waals surface area contributed by atoms with Crippen LogP contribution in [0.4, 0.5) is 0 Å². The molecule has 1 aromatic heterocycles. The molecule has 6 nitrogen and oxygen atoms in total. The average molecular weight is 361 g/mol. The van der Waals surface area contributed by atoms with Crippen molar-refractivity contribution >= 4 is 5.91 Å². The summed E-state index contributed by atoms with van der Waals surface area (Å²) < 4.78 is 1.55. The molecule has 1 amide bonds. The number of rotatable bonds is 5. The van der Waals surface area contributed by atoms with Gasteiger partial charge >= 0.3 is 0 Å². The Hall–Kier alpha value is -3.02. The number of aromatic nitrogens is 4. The van der Waals surface area contributed by atoms with E-state index in [1.54, 1.807) is 4.68 Å². The van der Waals surface area contributed by atoms with Crippen molar-refractivity contribution in [1.82, 2.24) is 25.5 Å². The molecule has 2 unspecified atom stereocenters. The Balaban J connectivity index is 1.57. The number of fused-ring (bicyclic) bond motifs is 1. The zero-order valence-electron chi connectivity index (χ0n) is 15.2. The van der Waals surface area contributed by atoms with Crippen molar-refractivity contribution in [3.05, 3.63) is 77.6 Å². The molecule has 0 aliphatic heterocycles. The molecule has 0 saturated carbocycles. The second-order valence-electron chi connectivity index (χ2n) is 7.00. The van der Waals surface area contributed by atoms with Gasteiger partial charge in [0.15, 0.2) is 0 Å². The van der Waals surface area contributed by atoms with Crippen molar-refractivity contribution in [1.29, 1.82) is 0 Å². The van der Waals surface area contributed by atoms with E-state index in [2.05, 4.69) is 39.0 Å². The summed E-state index contributed by atoms with van der Waals surface area (Å²) in [5, 5.41) is 14.7. The molecule has 0 spiro atoms. The fraction of sp³-hybridized carbons (Fsp3) is 0.333. The van der Waals surface area contributed by atoms with Crippen molar-refractivity contribution in [2.24, 2.45) is 0 Å². The van der Waals surface area contributed by atoms with Crippen LogP contribution in [0.2, 0.25) is 0 Å². The maximum Gasteiger partial charge on any atom is 0.245 e. The van der Waals surface area contributed by atoms with Crippen molar-refractivity contribution in [3.8, 4) is 0 Å². The fourth-order valence-corrected chi connectivity index (χ4v) is 3.79. The van der Waals surface area contributed by atoms with Gasteiger partial charge in [0, 0.05) is 6.42 Å². The summed E-state index contributed by atoms with van der Waals surface area (Å²) in [6.45, 7) is 0. The van der Waals surface area contributed by atoms with Gasteiger partial charge < -0.3 is 5.32 Å². The number of nitrogens with one attached hydrogen (secondary N) is 1. The van der Waals surface area contributed by atoms with Gasteiger partial charge in [0.2, 0.25) is 5.91 Å². The third kappa shape index (κ3) is 4.05. The summed E-state index contributed by atoms with van der Waals surface area (Å²) in [5.74, 6) is -0.0483. The SMILES string of the molecule is O=C(NC1CCCCc2ccccc21)C(Cc1ccccc1)n1cnnn1. The summed E-state index contributed by atoms with van der Waals surface area (Å²) in [6, 6.07) is 17.9. The number of nitrogens with zero attached hydrogens (tertiary/aromatic N) is 4. The van der Waals surface area contributed by atoms with E-state index in [0.29, 0.717) is 6.42 Å². The molecule has 0 radical (unpaired) electrons. The fourth-order valence-electron chi connectivity index (χ4n) is 3.79. The first-order valence-electron chi connectivity index (χ1n) is 9.46. The lowest BCUT2D eigenvalue weighted by Gasteiger charge is -2.23. The lowest BCUT2D eigenvalue weighted by Crippen LogP contribution is -2.37. The van der Waals surface area contributed by atoms with E-state index < -0.39 is 6.04 Å². The molecule has 6 heteroatoms. The number of benzene rings is 2. The normalized spacial score (nSPS) is 17.6. The van der Waals surface area contributed by atoms with E-state index in [0.717, 1.165) is 31.2 Å². The lowest BCUT2D eigenvalue weighted by atomic mass is 9.98. The van der Waals surface area contributed by atoms with Crippen LogP contribution in [0.3, 0.4) is 0 Å². The van der Waals surface area contributed by atoms with Gasteiger partial charge in [-0.2, -0.15) is 0 Å². The smallest absolute Gasteiger partial charge is 0.245 e. The Morgan fingerprint density at radius 1 is 1.11 bits per heavy atom. The molecule has 2 atom stereocenters. The highest BCUT2D eigenvalue weighted by Gasteiger charge is 2.27. The second-order valence-corrected chi connectivity index (χ2v) is 7.00. The van der Waals surface area contributed by atoms with Crippen LogP contribution in [-0.2, 0) is 17.6 Å². The molecule has 27 heavy (non-hydrogen) atoms. The Morgan fingerprint density at radius 2 is 1.93 bits per heavy atom. The van der Waals surface area contributed by atoms with Gasteiger partial charge in [0.1, 0.15) is 12.4 Å². The van der Waals surface area contributed by atoms with E-state index in [4.69, 9.17) is 0 Å². The Labute approximate surface area is 158 Å². The number of carbonyl (C=O) groups is 1. The van der Waals surface area contributed by atoms with Gasteiger partial charge in [-0.1, -0.05) is 61.0 Å². The van der Waals surface area contributed by atoms with Crippen molar-refractivity contribution < 1.29 is 4.79 Å². The molecule has 2 aromatic carbocycles. The van der Waals surface area contributed by atoms with Gasteiger partial charge in [-0.3, -0.25) is 4.79 Å². The molecular weight excluding hydrogens is 338 g/mol. The minimum Gasteiger partial charge on any atom is -0.347 e. The van der Waals surface area contributed by atoms with Gasteiger partial charge in [-0.25, -0.2) is 4.68 Å². The Bertz CT molecular complexity index is 879. The van der Waals surface area contributed by atoms with Crippen LogP contribution in [0, 0.1) is 0 Å². The minimum absolute atomic E-state index is 0.0333. The Kier molecular flexibility index (Phi) is 5.23. The van der Waals surface area contributed by atoms with Crippen molar-refractivity contribution in [2.45, 2.75) is 44.2 Å². The maximum atomic E-state index is 13.2. The third-order valence-corrected chi connectivity index (χ3v) is 5.19. The highest BCUT2D eigenvalue weighted by atomic mass is 16.2. The largest absolute Gasteiger partial charge is 0.347 e. The van der Waals surface area contributed by atoms with Gasteiger partial charge in [0.25, 0.3) is 0 Å². The number of tetrazole rings is 1. The quantitative estimate of drug-likeness (QED) is 0.709. The van der Waals surface area contributed by atoms with Crippen LogP contribution in [0.5, 0.6) is 0 Å². The molecule has 138 valence electrons. The van der Waals surface area contributed by atoms with E-state index >= 15 is 0 Å². The molecular formula is C21H23N5O. The predicted molar refractivity (Wildman–Crippen MR) is 102 cm³/mol. The summed E-state index contributed by atoms with van der Waals surface area (Å²) in [6.07, 6.45) is 6.34. The number of hydrogen-bond donors (Lipinski definition) is 1. The zero-order chi connectivity index (χ0) is 18.5. The van der Waals surface area contributed by atoms with Crippen LogP contribution in [0.15, 0.2) is 60.9 Å². The number of amides is 1. The van der Waals surface area contributed by atoms with E-state index in [1.165, 1.54) is 17.5 Å². The highest BCUT2D eigenvalue weighted by molar-refractivity contribution is 5.81. The van der Waals surface area contributed by atoms with E-state index in [9.17, 15) is 4.79 Å². The molecule has 0 fully saturated rings. The molecule has 1 N–H and O–H groups in total. The van der Waals surface area contributed by atoms with Crippen molar-refractivity contribution in [2.75, 3.05) is 0 Å². The van der Waals surface area contributed by atoms with E-state index in [-0.39, 0.29) is 11.9 Å². The monoisotopic (exact) mass is 361 g/mol. The average Bonchev–Trinajstić information content (AvgIpc) is 3.16. The lowest BCUT2D eigenvalue weighted by molar-refractivity contribution is -0.125. The molecule has 3 aromatic rings. The number of carbonyl (C=O) groups excluding carboxylic acids is 1. The molecule has 4 rings (SSSR count). The first-order chi connectivity index (χ1) is 13.3. The summed E-state index contributed by atoms with van der Waals surface area (Å²) in [4.78, 5) is 13.2. The third-order valence-electron chi connectivity index (χ3n) is 5.19. The highest BCUT2D eigenvalue weighted by Crippen LogP contribution is 2.29. The zero-order valence-corrected chi connectivity index (χ0v) is 15.2. The van der Waals surface area contributed by atoms with Gasteiger partial charge in [-0.05, 0) is 46.4 Å². The van der Waals surface area contributed by atoms with Crippen LogP contribution < -0.4 is 5.32 Å². The van der Waals surface area contributed by atoms with Crippen LogP contribution >= 0.6 is 0 Å². The molecule has 1 aliphatic rings. The molecule has 1 aliphatic carbocycles. The topological polar surface area (TPSA) is 72.7 Å². The Morgan fingerprint density at radius 3 is 2.74 bits per heavy atom. The standard InChI is InChI=1S/C21H23N5O/c27-21(23-19-13-7-5-11-17-10-4-6-12-18(17)19)20(26-15-22-24-25-26)14-16-8-2-1-3-9-16/h1-4,6,8-10,12,15,19-20H,5,7,11,13-14H2,(H,23,27). The predicted octanol–water partition coefficient (Wildman–Crippen LogP) is 3.04. The van der Waals surface area contributed by atoms with Crippen LogP contribution in [0.25, 0.3) is 0 Å². The van der Waals surface area contributed by atoms with Crippen LogP contribution in [-0.4, -0.2) is 26.1 Å². The molecule has 1 heterocycles. The van der Waals surface area contributed by atoms with Crippen LogP contribution in [0.1, 0.15) is 48.0 Å².